The average molecular weight is 667 g/mol. The molecule has 0 fully saturated rings. The van der Waals surface area contributed by atoms with Gasteiger partial charge >= 0.3 is 0 Å². The van der Waals surface area contributed by atoms with Gasteiger partial charge in [-0.1, -0.05) is 140 Å². The third-order valence-corrected chi connectivity index (χ3v) is 9.64. The number of fused-ring (bicyclic) bond motifs is 5. The number of para-hydroxylation sites is 1. The van der Waals surface area contributed by atoms with Crippen molar-refractivity contribution >= 4 is 60.5 Å². The molecule has 5 heteroatoms. The van der Waals surface area contributed by atoms with E-state index in [1.165, 1.54) is 10.8 Å². The quantitative estimate of drug-likeness (QED) is 0.177. The van der Waals surface area contributed by atoms with Gasteiger partial charge in [-0.2, -0.15) is 0 Å². The second kappa shape index (κ2) is 12.3. The van der Waals surface area contributed by atoms with Crippen molar-refractivity contribution in [1.82, 2.24) is 15.0 Å². The first-order valence-electron chi connectivity index (χ1n) is 17.4. The highest BCUT2D eigenvalue weighted by atomic mass is 16.3. The summed E-state index contributed by atoms with van der Waals surface area (Å²) in [5, 5.41) is 6.74. The maximum atomic E-state index is 6.65. The molecule has 0 spiro atoms. The van der Waals surface area contributed by atoms with Crippen LogP contribution in [0.3, 0.4) is 0 Å². The SMILES string of the molecule is c1ccc(-c2nc(-c3ccccc3)nc(-c3cc(N(c4ccc5ccccc5c4)c4ccc5ccccc5c4)c4c(c3)oc3ccccc34)n2)cc1. The Morgan fingerprint density at radius 2 is 0.846 bits per heavy atom. The van der Waals surface area contributed by atoms with Gasteiger partial charge in [0.15, 0.2) is 17.5 Å². The Bertz CT molecular complexity index is 2780. The summed E-state index contributed by atoms with van der Waals surface area (Å²) in [6.45, 7) is 0. The summed E-state index contributed by atoms with van der Waals surface area (Å²) in [5.74, 6) is 1.78. The van der Waals surface area contributed by atoms with E-state index in [-0.39, 0.29) is 0 Å². The van der Waals surface area contributed by atoms with Crippen LogP contribution in [0.5, 0.6) is 0 Å². The van der Waals surface area contributed by atoms with Gasteiger partial charge in [0.05, 0.1) is 11.1 Å². The second-order valence-electron chi connectivity index (χ2n) is 12.9. The van der Waals surface area contributed by atoms with Crippen molar-refractivity contribution in [2.24, 2.45) is 0 Å². The van der Waals surface area contributed by atoms with Crippen LogP contribution in [0.25, 0.3) is 77.6 Å². The lowest BCUT2D eigenvalue weighted by atomic mass is 10.0. The first kappa shape index (κ1) is 29.8. The minimum atomic E-state index is 0.563. The van der Waals surface area contributed by atoms with Gasteiger partial charge in [-0.15, -0.1) is 0 Å². The van der Waals surface area contributed by atoms with Gasteiger partial charge in [-0.25, -0.2) is 15.0 Å². The van der Waals surface area contributed by atoms with Crippen molar-refractivity contribution in [3.05, 3.63) is 182 Å². The summed E-state index contributed by atoms with van der Waals surface area (Å²) in [7, 11) is 0. The fourth-order valence-electron chi connectivity index (χ4n) is 7.13. The molecule has 0 aliphatic carbocycles. The summed E-state index contributed by atoms with van der Waals surface area (Å²) < 4.78 is 6.65. The Kier molecular flexibility index (Phi) is 7.07. The predicted octanol–water partition coefficient (Wildman–Crippen LogP) is 12.5. The third-order valence-electron chi connectivity index (χ3n) is 9.64. The van der Waals surface area contributed by atoms with E-state index in [4.69, 9.17) is 19.4 Å². The zero-order valence-corrected chi connectivity index (χ0v) is 28.0. The molecule has 0 bridgehead atoms. The Balaban J connectivity index is 1.28. The number of hydrogen-bond acceptors (Lipinski definition) is 5. The van der Waals surface area contributed by atoms with Gasteiger partial charge in [-0.05, 0) is 64.0 Å². The second-order valence-corrected chi connectivity index (χ2v) is 12.9. The first-order valence-corrected chi connectivity index (χ1v) is 17.4. The number of furan rings is 1. The third kappa shape index (κ3) is 5.24. The molecule has 8 aromatic carbocycles. The van der Waals surface area contributed by atoms with E-state index < -0.39 is 0 Å². The number of nitrogens with zero attached hydrogens (tertiary/aromatic N) is 4. The molecule has 0 N–H and O–H groups in total. The van der Waals surface area contributed by atoms with Gasteiger partial charge in [0, 0.05) is 33.5 Å². The molecule has 2 heterocycles. The highest BCUT2D eigenvalue weighted by Crippen LogP contribution is 2.46. The van der Waals surface area contributed by atoms with Crippen molar-refractivity contribution in [2.75, 3.05) is 4.90 Å². The minimum absolute atomic E-state index is 0.563. The maximum Gasteiger partial charge on any atom is 0.164 e. The van der Waals surface area contributed by atoms with Gasteiger partial charge in [-0.3, -0.25) is 0 Å². The molecule has 10 aromatic rings. The molecule has 0 saturated carbocycles. The topological polar surface area (TPSA) is 55.1 Å². The van der Waals surface area contributed by atoms with Crippen LogP contribution in [0.4, 0.5) is 17.1 Å². The van der Waals surface area contributed by atoms with E-state index in [0.717, 1.165) is 66.5 Å². The van der Waals surface area contributed by atoms with Crippen molar-refractivity contribution in [3.8, 4) is 34.2 Å². The molecule has 244 valence electrons. The lowest BCUT2D eigenvalue weighted by molar-refractivity contribution is 0.669. The Hall–Kier alpha value is -7.11. The van der Waals surface area contributed by atoms with Crippen LogP contribution in [0, 0.1) is 0 Å². The lowest BCUT2D eigenvalue weighted by Gasteiger charge is -2.27. The smallest absolute Gasteiger partial charge is 0.164 e. The van der Waals surface area contributed by atoms with E-state index in [1.807, 2.05) is 72.8 Å². The van der Waals surface area contributed by atoms with Crippen LogP contribution >= 0.6 is 0 Å². The van der Waals surface area contributed by atoms with Gasteiger partial charge in [0.2, 0.25) is 0 Å². The fourth-order valence-corrected chi connectivity index (χ4v) is 7.13. The molecule has 10 rings (SSSR count). The van der Waals surface area contributed by atoms with Crippen LogP contribution in [0.15, 0.2) is 186 Å². The zero-order valence-electron chi connectivity index (χ0n) is 28.0. The number of rotatable bonds is 6. The average Bonchev–Trinajstić information content (AvgIpc) is 3.60. The molecule has 0 saturated heterocycles. The number of hydrogen-bond donors (Lipinski definition) is 0. The maximum absolute atomic E-state index is 6.65. The molecule has 52 heavy (non-hydrogen) atoms. The standard InChI is InChI=1S/C47H30N4O/c1-3-15-33(16-4-1)45-48-46(34-17-5-2-6-18-34)50-47(49-45)37-29-41(44-40-21-11-12-22-42(40)52-43(44)30-37)51(38-25-23-31-13-7-9-19-35(31)27-38)39-26-24-32-14-8-10-20-36(32)28-39/h1-30H. The van der Waals surface area contributed by atoms with Gasteiger partial charge in [0.1, 0.15) is 11.2 Å². The molecular weight excluding hydrogens is 637 g/mol. The fraction of sp³-hybridized carbons (Fsp3) is 0. The Morgan fingerprint density at radius 1 is 0.365 bits per heavy atom. The Labute approximate surface area is 300 Å². The minimum Gasteiger partial charge on any atom is -0.456 e. The molecule has 0 unspecified atom stereocenters. The van der Waals surface area contributed by atoms with E-state index in [1.54, 1.807) is 0 Å². The number of benzene rings is 8. The highest BCUT2D eigenvalue weighted by Gasteiger charge is 2.23. The molecule has 0 aliphatic rings. The molecule has 0 amide bonds. The molecule has 0 atom stereocenters. The van der Waals surface area contributed by atoms with Crippen molar-refractivity contribution in [2.45, 2.75) is 0 Å². The van der Waals surface area contributed by atoms with Crippen molar-refractivity contribution in [3.63, 3.8) is 0 Å². The van der Waals surface area contributed by atoms with Gasteiger partial charge < -0.3 is 9.32 Å². The van der Waals surface area contributed by atoms with E-state index in [9.17, 15) is 0 Å². The van der Waals surface area contributed by atoms with E-state index in [0.29, 0.717) is 17.5 Å². The number of aromatic nitrogens is 3. The van der Waals surface area contributed by atoms with E-state index >= 15 is 0 Å². The monoisotopic (exact) mass is 666 g/mol. The molecule has 2 aromatic heterocycles. The Morgan fingerprint density at radius 3 is 1.42 bits per heavy atom. The zero-order chi connectivity index (χ0) is 34.4. The van der Waals surface area contributed by atoms with Gasteiger partial charge in [0.25, 0.3) is 0 Å². The van der Waals surface area contributed by atoms with Crippen LogP contribution < -0.4 is 4.90 Å². The van der Waals surface area contributed by atoms with E-state index in [2.05, 4.69) is 114 Å². The van der Waals surface area contributed by atoms with Crippen molar-refractivity contribution < 1.29 is 4.42 Å². The summed E-state index contributed by atoms with van der Waals surface area (Å²) in [4.78, 5) is 17.5. The van der Waals surface area contributed by atoms with Crippen LogP contribution in [0.2, 0.25) is 0 Å². The largest absolute Gasteiger partial charge is 0.456 e. The molecule has 0 aliphatic heterocycles. The lowest BCUT2D eigenvalue weighted by Crippen LogP contribution is -2.11. The molecular formula is C47H30N4O. The van der Waals surface area contributed by atoms with Crippen molar-refractivity contribution in [1.29, 1.82) is 0 Å². The van der Waals surface area contributed by atoms with Crippen LogP contribution in [-0.2, 0) is 0 Å². The molecule has 0 radical (unpaired) electrons. The number of anilines is 3. The highest BCUT2D eigenvalue weighted by molar-refractivity contribution is 6.15. The molecule has 5 nitrogen and oxygen atoms in total. The summed E-state index contributed by atoms with van der Waals surface area (Å²) in [6.07, 6.45) is 0. The summed E-state index contributed by atoms with van der Waals surface area (Å²) in [5.41, 5.74) is 7.26. The van der Waals surface area contributed by atoms with Crippen LogP contribution in [-0.4, -0.2) is 15.0 Å². The van der Waals surface area contributed by atoms with Crippen LogP contribution in [0.1, 0.15) is 0 Å². The normalized spacial score (nSPS) is 11.5. The summed E-state index contributed by atoms with van der Waals surface area (Å²) in [6, 6.07) is 62.9. The predicted molar refractivity (Wildman–Crippen MR) is 213 cm³/mol. The first-order chi connectivity index (χ1) is 25.7. The summed E-state index contributed by atoms with van der Waals surface area (Å²) >= 11 is 0.